The number of piperidine rings is 1. The van der Waals surface area contributed by atoms with Gasteiger partial charge < -0.3 is 20.1 Å². The zero-order valence-corrected chi connectivity index (χ0v) is 12.2. The number of nitrogens with zero attached hydrogens (tertiary/aromatic N) is 2. The lowest BCUT2D eigenvalue weighted by molar-refractivity contribution is 0.0878. The Balaban J connectivity index is 2.19. The van der Waals surface area contributed by atoms with E-state index in [0.29, 0.717) is 12.8 Å². The zero-order chi connectivity index (χ0) is 15.5. The van der Waals surface area contributed by atoms with E-state index in [2.05, 4.69) is 16.3 Å². The van der Waals surface area contributed by atoms with Crippen LogP contribution in [0.3, 0.4) is 0 Å². The molecule has 2 N–H and O–H groups in total. The van der Waals surface area contributed by atoms with E-state index in [4.69, 9.17) is 4.74 Å². The number of nitrogens with one attached hydrogen (secondary N) is 1. The van der Waals surface area contributed by atoms with Crippen LogP contribution in [0.1, 0.15) is 23.2 Å². The fourth-order valence-electron chi connectivity index (χ4n) is 2.42. The minimum atomic E-state index is -0.876. The summed E-state index contributed by atoms with van der Waals surface area (Å²) >= 11 is 0. The monoisotopic (exact) mass is 289 g/mol. The van der Waals surface area contributed by atoms with E-state index in [1.165, 1.54) is 13.2 Å². The first-order valence-electron chi connectivity index (χ1n) is 6.79. The normalized spacial score (nSPS) is 17.8. The molecule has 6 heteroatoms. The summed E-state index contributed by atoms with van der Waals surface area (Å²) in [4.78, 5) is 14.5. The zero-order valence-electron chi connectivity index (χ0n) is 12.2. The predicted octanol–water partition coefficient (Wildman–Crippen LogP) is 1.12. The molecule has 0 aliphatic carbocycles. The number of carbonyl (C=O) groups is 1. The maximum Gasteiger partial charge on any atom is 0.256 e. The molecule has 6 nitrogen and oxygen atoms in total. The van der Waals surface area contributed by atoms with Crippen molar-refractivity contribution in [3.05, 3.63) is 23.8 Å². The molecule has 0 unspecified atom stereocenters. The SMILES string of the molecule is COc1cccc(C(=O)NC2(C#N)CCN(C)CC2)c1O. The number of rotatable bonds is 3. The Morgan fingerprint density at radius 2 is 2.14 bits per heavy atom. The Morgan fingerprint density at radius 1 is 1.48 bits per heavy atom. The summed E-state index contributed by atoms with van der Waals surface area (Å²) in [6, 6.07) is 6.92. The van der Waals surface area contributed by atoms with Crippen molar-refractivity contribution in [2.24, 2.45) is 0 Å². The Kier molecular flexibility index (Phi) is 4.34. The second-order valence-corrected chi connectivity index (χ2v) is 5.31. The topological polar surface area (TPSA) is 85.6 Å². The third-order valence-electron chi connectivity index (χ3n) is 3.87. The van der Waals surface area contributed by atoms with Crippen LogP contribution in [0.15, 0.2) is 18.2 Å². The summed E-state index contributed by atoms with van der Waals surface area (Å²) in [5.41, 5.74) is -0.762. The average molecular weight is 289 g/mol. The van der Waals surface area contributed by atoms with Gasteiger partial charge in [-0.3, -0.25) is 4.79 Å². The van der Waals surface area contributed by atoms with E-state index in [9.17, 15) is 15.2 Å². The van der Waals surface area contributed by atoms with Gasteiger partial charge >= 0.3 is 0 Å². The number of phenols is 1. The molecule has 0 bridgehead atoms. The van der Waals surface area contributed by atoms with E-state index in [-0.39, 0.29) is 17.1 Å². The fourth-order valence-corrected chi connectivity index (χ4v) is 2.42. The van der Waals surface area contributed by atoms with Gasteiger partial charge in [-0.15, -0.1) is 0 Å². The van der Waals surface area contributed by atoms with Gasteiger partial charge in [0.05, 0.1) is 18.7 Å². The molecular formula is C15H19N3O3. The van der Waals surface area contributed by atoms with E-state index in [1.807, 2.05) is 7.05 Å². The van der Waals surface area contributed by atoms with Gasteiger partial charge in [-0.25, -0.2) is 0 Å². The number of hydrogen-bond donors (Lipinski definition) is 2. The first kappa shape index (κ1) is 15.1. The lowest BCUT2D eigenvalue weighted by atomic mass is 9.88. The van der Waals surface area contributed by atoms with Gasteiger partial charge in [0.2, 0.25) is 0 Å². The number of carbonyl (C=O) groups excluding carboxylic acids is 1. The van der Waals surface area contributed by atoms with Crippen molar-refractivity contribution < 1.29 is 14.6 Å². The first-order chi connectivity index (χ1) is 10.0. The van der Waals surface area contributed by atoms with Crippen LogP contribution < -0.4 is 10.1 Å². The molecule has 21 heavy (non-hydrogen) atoms. The third kappa shape index (κ3) is 3.09. The van der Waals surface area contributed by atoms with E-state index >= 15 is 0 Å². The molecule has 1 aliphatic heterocycles. The quantitative estimate of drug-likeness (QED) is 0.871. The lowest BCUT2D eigenvalue weighted by Crippen LogP contribution is -2.53. The van der Waals surface area contributed by atoms with Gasteiger partial charge in [-0.05, 0) is 32.0 Å². The number of phenolic OH excluding ortho intramolecular Hbond substituents is 1. The number of benzene rings is 1. The van der Waals surface area contributed by atoms with Crippen molar-refractivity contribution in [2.45, 2.75) is 18.4 Å². The van der Waals surface area contributed by atoms with Crippen molar-refractivity contribution >= 4 is 5.91 Å². The molecule has 0 radical (unpaired) electrons. The largest absolute Gasteiger partial charge is 0.504 e. The summed E-state index contributed by atoms with van der Waals surface area (Å²) in [5.74, 6) is -0.437. The van der Waals surface area contributed by atoms with Crippen LogP contribution in [0.4, 0.5) is 0 Å². The summed E-state index contributed by atoms with van der Waals surface area (Å²) < 4.78 is 4.99. The summed E-state index contributed by atoms with van der Waals surface area (Å²) in [6.45, 7) is 1.50. The smallest absolute Gasteiger partial charge is 0.256 e. The summed E-state index contributed by atoms with van der Waals surface area (Å²) in [5, 5.41) is 22.2. The van der Waals surface area contributed by atoms with Crippen molar-refractivity contribution in [1.82, 2.24) is 10.2 Å². The van der Waals surface area contributed by atoms with Gasteiger partial charge in [0.15, 0.2) is 11.5 Å². The van der Waals surface area contributed by atoms with Crippen LogP contribution in [-0.2, 0) is 0 Å². The second-order valence-electron chi connectivity index (χ2n) is 5.31. The highest BCUT2D eigenvalue weighted by molar-refractivity contribution is 5.98. The van der Waals surface area contributed by atoms with Crippen LogP contribution in [-0.4, -0.2) is 48.7 Å². The molecule has 0 aromatic heterocycles. The van der Waals surface area contributed by atoms with Gasteiger partial charge in [0.25, 0.3) is 5.91 Å². The Hall–Kier alpha value is -2.26. The van der Waals surface area contributed by atoms with Crippen LogP contribution in [0, 0.1) is 11.3 Å². The molecule has 112 valence electrons. The molecule has 1 aliphatic rings. The Labute approximate surface area is 123 Å². The number of ether oxygens (including phenoxy) is 1. The van der Waals surface area contributed by atoms with E-state index in [0.717, 1.165) is 13.1 Å². The summed E-state index contributed by atoms with van der Waals surface area (Å²) in [6.07, 6.45) is 1.13. The predicted molar refractivity (Wildman–Crippen MR) is 77.2 cm³/mol. The molecule has 2 rings (SSSR count). The van der Waals surface area contributed by atoms with Crippen LogP contribution >= 0.6 is 0 Å². The van der Waals surface area contributed by atoms with Crippen LogP contribution in [0.5, 0.6) is 11.5 Å². The van der Waals surface area contributed by atoms with E-state index < -0.39 is 11.4 Å². The van der Waals surface area contributed by atoms with Crippen LogP contribution in [0.2, 0.25) is 0 Å². The molecule has 1 amide bonds. The fraction of sp³-hybridized carbons (Fsp3) is 0.467. The van der Waals surface area contributed by atoms with Crippen LogP contribution in [0.25, 0.3) is 0 Å². The van der Waals surface area contributed by atoms with Gasteiger partial charge in [-0.1, -0.05) is 6.07 Å². The number of amides is 1. The Morgan fingerprint density at radius 3 is 2.71 bits per heavy atom. The second kappa shape index (κ2) is 6.02. The van der Waals surface area contributed by atoms with Crippen molar-refractivity contribution in [3.63, 3.8) is 0 Å². The van der Waals surface area contributed by atoms with Crippen molar-refractivity contribution in [3.8, 4) is 17.6 Å². The van der Waals surface area contributed by atoms with E-state index in [1.54, 1.807) is 12.1 Å². The molecule has 1 aromatic carbocycles. The maximum atomic E-state index is 12.4. The highest BCUT2D eigenvalue weighted by Gasteiger charge is 2.36. The number of para-hydroxylation sites is 1. The molecule has 1 heterocycles. The van der Waals surface area contributed by atoms with Gasteiger partial charge in [0.1, 0.15) is 5.54 Å². The standard InChI is InChI=1S/C15H19N3O3/c1-18-8-6-15(10-16,7-9-18)17-14(20)11-4-3-5-12(21-2)13(11)19/h3-5,19H,6-9H2,1-2H3,(H,17,20). The van der Waals surface area contributed by atoms with Gasteiger partial charge in [0, 0.05) is 13.1 Å². The molecular weight excluding hydrogens is 270 g/mol. The third-order valence-corrected chi connectivity index (χ3v) is 3.87. The molecule has 0 atom stereocenters. The molecule has 0 saturated carbocycles. The Bertz CT molecular complexity index is 572. The van der Waals surface area contributed by atoms with Crippen molar-refractivity contribution in [1.29, 1.82) is 5.26 Å². The van der Waals surface area contributed by atoms with Gasteiger partial charge in [-0.2, -0.15) is 5.26 Å². The highest BCUT2D eigenvalue weighted by Crippen LogP contribution is 2.30. The highest BCUT2D eigenvalue weighted by atomic mass is 16.5. The first-order valence-corrected chi connectivity index (χ1v) is 6.79. The molecule has 1 aromatic rings. The number of methoxy groups -OCH3 is 1. The number of hydrogen-bond acceptors (Lipinski definition) is 5. The molecule has 1 saturated heterocycles. The molecule has 0 spiro atoms. The number of aromatic hydroxyl groups is 1. The minimum absolute atomic E-state index is 0.114. The maximum absolute atomic E-state index is 12.4. The summed E-state index contributed by atoms with van der Waals surface area (Å²) in [7, 11) is 3.40. The minimum Gasteiger partial charge on any atom is -0.504 e. The number of nitriles is 1. The van der Waals surface area contributed by atoms with Crippen molar-refractivity contribution in [2.75, 3.05) is 27.2 Å². The lowest BCUT2D eigenvalue weighted by Gasteiger charge is -2.36. The number of likely N-dealkylation sites (tertiary alicyclic amines) is 1. The average Bonchev–Trinajstić information content (AvgIpc) is 2.50. The molecule has 1 fully saturated rings.